The van der Waals surface area contributed by atoms with Crippen LogP contribution in [0.1, 0.15) is 35.7 Å². The van der Waals surface area contributed by atoms with Crippen LogP contribution in [0.2, 0.25) is 0 Å². The van der Waals surface area contributed by atoms with E-state index in [0.717, 1.165) is 31.5 Å². The molecular formula is C17H22N4O2. The Labute approximate surface area is 134 Å². The van der Waals surface area contributed by atoms with E-state index in [-0.39, 0.29) is 22.4 Å². The summed E-state index contributed by atoms with van der Waals surface area (Å²) in [7, 11) is 0. The molecule has 1 amide bonds. The third-order valence-electron chi connectivity index (χ3n) is 4.58. The van der Waals surface area contributed by atoms with Crippen LogP contribution in [0.25, 0.3) is 5.65 Å². The van der Waals surface area contributed by atoms with E-state index in [4.69, 9.17) is 0 Å². The number of rotatable bonds is 3. The van der Waals surface area contributed by atoms with E-state index in [1.165, 1.54) is 10.6 Å². The molecule has 0 saturated carbocycles. The predicted octanol–water partition coefficient (Wildman–Crippen LogP) is 1.12. The number of carbonyl (C=O) groups excluding carboxylic acids is 1. The lowest BCUT2D eigenvalue weighted by Gasteiger charge is -2.34. The fraction of sp³-hybridized carbons (Fsp3) is 0.471. The summed E-state index contributed by atoms with van der Waals surface area (Å²) in [6.45, 7) is 6.57. The Morgan fingerprint density at radius 2 is 2.13 bits per heavy atom. The van der Waals surface area contributed by atoms with Crippen molar-refractivity contribution in [3.63, 3.8) is 0 Å². The van der Waals surface area contributed by atoms with Gasteiger partial charge < -0.3 is 10.6 Å². The zero-order valence-electron chi connectivity index (χ0n) is 13.6. The number of pyridine rings is 1. The Hall–Kier alpha value is -2.21. The maximum Gasteiger partial charge on any atom is 0.270 e. The summed E-state index contributed by atoms with van der Waals surface area (Å²) in [5.74, 6) is -0.349. The largest absolute Gasteiger partial charge is 0.351 e. The SMILES string of the molecule is Cc1ccc2ncc(C(=O)NCC3(C)CCNCC3)c(=O)n2c1. The molecule has 3 heterocycles. The molecule has 0 radical (unpaired) electrons. The molecule has 0 spiro atoms. The first-order valence-corrected chi connectivity index (χ1v) is 7.95. The number of piperidine rings is 1. The summed E-state index contributed by atoms with van der Waals surface area (Å²) in [6, 6.07) is 3.66. The maximum absolute atomic E-state index is 12.5. The van der Waals surface area contributed by atoms with Crippen LogP contribution in [-0.4, -0.2) is 34.9 Å². The number of nitrogens with one attached hydrogen (secondary N) is 2. The standard InChI is InChI=1S/C17H22N4O2/c1-12-3-4-14-19-9-13(16(23)21(14)10-12)15(22)20-11-17(2)5-7-18-8-6-17/h3-4,9-10,18H,5-8,11H2,1-2H3,(H,20,22). The number of fused-ring (bicyclic) bond motifs is 1. The first-order chi connectivity index (χ1) is 11.0. The van der Waals surface area contributed by atoms with Gasteiger partial charge in [-0.15, -0.1) is 0 Å². The van der Waals surface area contributed by atoms with E-state index in [1.54, 1.807) is 12.3 Å². The second-order valence-corrected chi connectivity index (χ2v) is 6.66. The third kappa shape index (κ3) is 3.27. The molecule has 1 aliphatic heterocycles. The molecule has 6 heteroatoms. The van der Waals surface area contributed by atoms with Crippen molar-refractivity contribution < 1.29 is 4.79 Å². The summed E-state index contributed by atoms with van der Waals surface area (Å²) in [5.41, 5.74) is 1.33. The monoisotopic (exact) mass is 314 g/mol. The Morgan fingerprint density at radius 1 is 1.39 bits per heavy atom. The highest BCUT2D eigenvalue weighted by Crippen LogP contribution is 2.26. The van der Waals surface area contributed by atoms with E-state index in [0.29, 0.717) is 12.2 Å². The minimum Gasteiger partial charge on any atom is -0.351 e. The lowest BCUT2D eigenvalue weighted by atomic mass is 9.81. The molecule has 0 bridgehead atoms. The Morgan fingerprint density at radius 3 is 2.87 bits per heavy atom. The molecule has 6 nitrogen and oxygen atoms in total. The number of aromatic nitrogens is 2. The average molecular weight is 314 g/mol. The highest BCUT2D eigenvalue weighted by Gasteiger charge is 2.27. The number of aryl methyl sites for hydroxylation is 1. The van der Waals surface area contributed by atoms with Gasteiger partial charge in [0.1, 0.15) is 11.2 Å². The van der Waals surface area contributed by atoms with Crippen LogP contribution in [0.5, 0.6) is 0 Å². The van der Waals surface area contributed by atoms with Crippen molar-refractivity contribution in [1.29, 1.82) is 0 Å². The first kappa shape index (κ1) is 15.7. The summed E-state index contributed by atoms with van der Waals surface area (Å²) in [5, 5.41) is 6.23. The second kappa shape index (κ2) is 6.12. The Kier molecular flexibility index (Phi) is 4.17. The zero-order valence-corrected chi connectivity index (χ0v) is 13.6. The van der Waals surface area contributed by atoms with Gasteiger partial charge in [-0.25, -0.2) is 4.98 Å². The minimum absolute atomic E-state index is 0.0813. The smallest absolute Gasteiger partial charge is 0.270 e. The van der Waals surface area contributed by atoms with Gasteiger partial charge in [-0.1, -0.05) is 13.0 Å². The highest BCUT2D eigenvalue weighted by atomic mass is 16.2. The molecule has 1 saturated heterocycles. The van der Waals surface area contributed by atoms with Gasteiger partial charge in [0.2, 0.25) is 0 Å². The molecule has 2 aromatic heterocycles. The van der Waals surface area contributed by atoms with Crippen LogP contribution in [-0.2, 0) is 0 Å². The van der Waals surface area contributed by atoms with Gasteiger partial charge in [0, 0.05) is 18.9 Å². The molecule has 0 atom stereocenters. The fourth-order valence-corrected chi connectivity index (χ4v) is 2.93. The number of amides is 1. The van der Waals surface area contributed by atoms with Crippen molar-refractivity contribution >= 4 is 11.6 Å². The van der Waals surface area contributed by atoms with Crippen LogP contribution >= 0.6 is 0 Å². The highest BCUT2D eigenvalue weighted by molar-refractivity contribution is 5.93. The first-order valence-electron chi connectivity index (χ1n) is 7.95. The molecule has 2 aromatic rings. The summed E-state index contributed by atoms with van der Waals surface area (Å²) < 4.78 is 1.43. The lowest BCUT2D eigenvalue weighted by Crippen LogP contribution is -2.43. The lowest BCUT2D eigenvalue weighted by molar-refractivity contribution is 0.0920. The van der Waals surface area contributed by atoms with Crippen LogP contribution in [0.3, 0.4) is 0 Å². The van der Waals surface area contributed by atoms with E-state index < -0.39 is 0 Å². The van der Waals surface area contributed by atoms with Crippen molar-refractivity contribution in [2.75, 3.05) is 19.6 Å². The molecule has 0 unspecified atom stereocenters. The van der Waals surface area contributed by atoms with Crippen molar-refractivity contribution in [3.8, 4) is 0 Å². The van der Waals surface area contributed by atoms with E-state index in [9.17, 15) is 9.59 Å². The molecule has 3 rings (SSSR count). The molecule has 23 heavy (non-hydrogen) atoms. The minimum atomic E-state index is -0.349. The van der Waals surface area contributed by atoms with Crippen molar-refractivity contribution in [3.05, 3.63) is 46.0 Å². The maximum atomic E-state index is 12.5. The van der Waals surface area contributed by atoms with Crippen LogP contribution in [0.15, 0.2) is 29.3 Å². The van der Waals surface area contributed by atoms with Crippen LogP contribution in [0, 0.1) is 12.3 Å². The second-order valence-electron chi connectivity index (χ2n) is 6.66. The van der Waals surface area contributed by atoms with Crippen LogP contribution < -0.4 is 16.2 Å². The topological polar surface area (TPSA) is 75.5 Å². The van der Waals surface area contributed by atoms with Gasteiger partial charge in [0.05, 0.1) is 0 Å². The molecule has 0 aliphatic carbocycles. The molecule has 1 aliphatic rings. The van der Waals surface area contributed by atoms with E-state index >= 15 is 0 Å². The number of hydrogen-bond donors (Lipinski definition) is 2. The Balaban J connectivity index is 1.81. The van der Waals surface area contributed by atoms with Crippen LogP contribution in [0.4, 0.5) is 0 Å². The van der Waals surface area contributed by atoms with Crippen molar-refractivity contribution in [1.82, 2.24) is 20.0 Å². The van der Waals surface area contributed by atoms with Gasteiger partial charge in [0.15, 0.2) is 0 Å². The van der Waals surface area contributed by atoms with Gasteiger partial charge in [-0.2, -0.15) is 0 Å². The van der Waals surface area contributed by atoms with Gasteiger partial charge in [0.25, 0.3) is 11.5 Å². The normalized spacial score (nSPS) is 17.1. The quantitative estimate of drug-likeness (QED) is 0.890. The number of nitrogens with zero attached hydrogens (tertiary/aromatic N) is 2. The molecule has 122 valence electrons. The Bertz CT molecular complexity index is 791. The average Bonchev–Trinajstić information content (AvgIpc) is 2.54. The summed E-state index contributed by atoms with van der Waals surface area (Å²) in [6.07, 6.45) is 5.10. The van der Waals surface area contributed by atoms with E-state index in [1.807, 2.05) is 13.0 Å². The van der Waals surface area contributed by atoms with Gasteiger partial charge in [-0.05, 0) is 49.9 Å². The zero-order chi connectivity index (χ0) is 16.4. The van der Waals surface area contributed by atoms with E-state index in [2.05, 4.69) is 22.5 Å². The summed E-state index contributed by atoms with van der Waals surface area (Å²) >= 11 is 0. The van der Waals surface area contributed by atoms with Crippen molar-refractivity contribution in [2.45, 2.75) is 26.7 Å². The van der Waals surface area contributed by atoms with Gasteiger partial charge >= 0.3 is 0 Å². The third-order valence-corrected chi connectivity index (χ3v) is 4.58. The molecule has 1 fully saturated rings. The van der Waals surface area contributed by atoms with Gasteiger partial charge in [-0.3, -0.25) is 14.0 Å². The predicted molar refractivity (Wildman–Crippen MR) is 88.7 cm³/mol. The number of hydrogen-bond acceptors (Lipinski definition) is 4. The molecule has 0 aromatic carbocycles. The van der Waals surface area contributed by atoms with Crippen molar-refractivity contribution in [2.24, 2.45) is 5.41 Å². The molecular weight excluding hydrogens is 292 g/mol. The summed E-state index contributed by atoms with van der Waals surface area (Å²) in [4.78, 5) is 29.1. The molecule has 2 N–H and O–H groups in total. The number of carbonyl (C=O) groups is 1. The fourth-order valence-electron chi connectivity index (χ4n) is 2.93.